The third-order valence-corrected chi connectivity index (χ3v) is 3.12. The van der Waals surface area contributed by atoms with E-state index >= 15 is 0 Å². The van der Waals surface area contributed by atoms with E-state index in [-0.39, 0.29) is 34.6 Å². The van der Waals surface area contributed by atoms with E-state index in [0.717, 1.165) is 0 Å². The number of nitrogen functional groups attached to an aromatic ring is 1. The molecular weight excluding hydrogens is 268 g/mol. The molecule has 8 heteroatoms. The van der Waals surface area contributed by atoms with E-state index in [9.17, 15) is 8.78 Å². The molecule has 0 unspecified atom stereocenters. The van der Waals surface area contributed by atoms with Crippen LogP contribution in [0.2, 0.25) is 5.02 Å². The first-order chi connectivity index (χ1) is 8.30. The molecule has 0 aliphatic carbocycles. The fourth-order valence-electron chi connectivity index (χ4n) is 1.92. The molecule has 0 spiro atoms. The summed E-state index contributed by atoms with van der Waals surface area (Å²) in [5, 5.41) is 17.7. The lowest BCUT2D eigenvalue weighted by atomic mass is 10.2. The summed E-state index contributed by atoms with van der Waals surface area (Å²) in [5.41, 5.74) is 5.88. The van der Waals surface area contributed by atoms with Gasteiger partial charge in [0.25, 0.3) is 5.92 Å². The van der Waals surface area contributed by atoms with Gasteiger partial charge < -0.3 is 10.6 Å². The standard InChI is InChI=1S/C10H12ClF2N3O2/c11-6-3-9(16(17)18)7(14)4-8(6)15-2-1-10(12,13)5-15/h3-4,17-18H,1-2,5,14H2. The highest BCUT2D eigenvalue weighted by molar-refractivity contribution is 6.33. The van der Waals surface area contributed by atoms with Gasteiger partial charge in [-0.2, -0.15) is 0 Å². The number of hydrogen-bond acceptors (Lipinski definition) is 5. The van der Waals surface area contributed by atoms with Gasteiger partial charge in [-0.3, -0.25) is 10.4 Å². The van der Waals surface area contributed by atoms with Crippen LogP contribution in [-0.4, -0.2) is 29.4 Å². The molecule has 18 heavy (non-hydrogen) atoms. The SMILES string of the molecule is Nc1cc(N2CCC(F)(F)C2)c(Cl)cc1N(O)O. The number of nitrogens with zero attached hydrogens (tertiary/aromatic N) is 2. The predicted molar refractivity (Wildman–Crippen MR) is 63.7 cm³/mol. The number of nitrogens with two attached hydrogens (primary N) is 1. The molecule has 0 amide bonds. The predicted octanol–water partition coefficient (Wildman–Crippen LogP) is 2.35. The van der Waals surface area contributed by atoms with Crippen molar-refractivity contribution in [2.24, 2.45) is 0 Å². The third-order valence-electron chi connectivity index (χ3n) is 2.82. The second kappa shape index (κ2) is 4.42. The molecule has 1 aliphatic heterocycles. The molecule has 1 aromatic rings. The molecule has 0 radical (unpaired) electrons. The zero-order chi connectivity index (χ0) is 13.5. The molecule has 0 bridgehead atoms. The van der Waals surface area contributed by atoms with Crippen molar-refractivity contribution in [3.05, 3.63) is 17.2 Å². The number of hydrogen-bond donors (Lipinski definition) is 3. The summed E-state index contributed by atoms with van der Waals surface area (Å²) in [5.74, 6) is -2.74. The number of alkyl halides is 2. The van der Waals surface area contributed by atoms with Crippen LogP contribution in [0.4, 0.5) is 25.8 Å². The van der Waals surface area contributed by atoms with Crippen molar-refractivity contribution in [2.75, 3.05) is 28.9 Å². The number of rotatable bonds is 2. The van der Waals surface area contributed by atoms with E-state index in [4.69, 9.17) is 27.7 Å². The first kappa shape index (κ1) is 13.1. The van der Waals surface area contributed by atoms with Gasteiger partial charge in [0.1, 0.15) is 5.69 Å². The Kier molecular flexibility index (Phi) is 3.22. The molecule has 0 saturated carbocycles. The quantitative estimate of drug-likeness (QED) is 0.572. The van der Waals surface area contributed by atoms with E-state index in [1.807, 2.05) is 0 Å². The average Bonchev–Trinajstić information content (AvgIpc) is 2.61. The molecule has 4 N–H and O–H groups in total. The Morgan fingerprint density at radius 2 is 2.06 bits per heavy atom. The van der Waals surface area contributed by atoms with Crippen LogP contribution in [0.15, 0.2) is 12.1 Å². The molecule has 1 saturated heterocycles. The van der Waals surface area contributed by atoms with Crippen molar-refractivity contribution in [3.63, 3.8) is 0 Å². The second-order valence-electron chi connectivity index (χ2n) is 4.18. The second-order valence-corrected chi connectivity index (χ2v) is 4.59. The van der Waals surface area contributed by atoms with E-state index in [2.05, 4.69) is 0 Å². The summed E-state index contributed by atoms with van der Waals surface area (Å²) >= 11 is 5.93. The van der Waals surface area contributed by atoms with Crippen LogP contribution in [0, 0.1) is 0 Å². The maximum Gasteiger partial charge on any atom is 0.266 e. The van der Waals surface area contributed by atoms with Crippen molar-refractivity contribution in [1.29, 1.82) is 0 Å². The van der Waals surface area contributed by atoms with Crippen LogP contribution in [-0.2, 0) is 0 Å². The van der Waals surface area contributed by atoms with Gasteiger partial charge in [-0.25, -0.2) is 8.78 Å². The van der Waals surface area contributed by atoms with Crippen LogP contribution in [0.1, 0.15) is 6.42 Å². The lowest BCUT2D eigenvalue weighted by Gasteiger charge is -2.21. The summed E-state index contributed by atoms with van der Waals surface area (Å²) in [6, 6.07) is 2.56. The zero-order valence-corrected chi connectivity index (χ0v) is 10.0. The zero-order valence-electron chi connectivity index (χ0n) is 9.28. The van der Waals surface area contributed by atoms with Crippen LogP contribution in [0.3, 0.4) is 0 Å². The summed E-state index contributed by atoms with van der Waals surface area (Å²) in [4.78, 5) is 1.42. The largest absolute Gasteiger partial charge is 0.397 e. The molecule has 1 fully saturated rings. The molecule has 1 aromatic carbocycles. The maximum atomic E-state index is 13.1. The van der Waals surface area contributed by atoms with E-state index in [0.29, 0.717) is 5.69 Å². The van der Waals surface area contributed by atoms with Gasteiger partial charge in [0.2, 0.25) is 0 Å². The van der Waals surface area contributed by atoms with Crippen LogP contribution >= 0.6 is 11.6 Å². The maximum absolute atomic E-state index is 13.1. The van der Waals surface area contributed by atoms with Gasteiger partial charge in [0.15, 0.2) is 0 Å². The van der Waals surface area contributed by atoms with Crippen molar-refractivity contribution >= 4 is 28.7 Å². The third kappa shape index (κ3) is 2.43. The van der Waals surface area contributed by atoms with Crippen LogP contribution in [0.5, 0.6) is 0 Å². The van der Waals surface area contributed by atoms with Crippen molar-refractivity contribution in [1.82, 2.24) is 0 Å². The van der Waals surface area contributed by atoms with Gasteiger partial charge in [-0.05, 0) is 12.1 Å². The molecule has 5 nitrogen and oxygen atoms in total. The first-order valence-corrected chi connectivity index (χ1v) is 5.58. The Balaban J connectivity index is 2.33. The Bertz CT molecular complexity index is 471. The monoisotopic (exact) mass is 279 g/mol. The van der Waals surface area contributed by atoms with Crippen LogP contribution < -0.4 is 15.9 Å². The Hall–Kier alpha value is -1.31. The average molecular weight is 280 g/mol. The highest BCUT2D eigenvalue weighted by Gasteiger charge is 2.39. The molecule has 1 aliphatic rings. The highest BCUT2D eigenvalue weighted by Crippen LogP contribution is 2.38. The minimum absolute atomic E-state index is 0.0367. The molecule has 2 rings (SSSR count). The number of benzene rings is 1. The van der Waals surface area contributed by atoms with Crippen molar-refractivity contribution in [3.8, 4) is 0 Å². The minimum atomic E-state index is -2.74. The van der Waals surface area contributed by atoms with Crippen molar-refractivity contribution in [2.45, 2.75) is 12.3 Å². The Morgan fingerprint density at radius 1 is 1.39 bits per heavy atom. The Labute approximate surface area is 107 Å². The first-order valence-electron chi connectivity index (χ1n) is 5.20. The normalized spacial score (nSPS) is 18.2. The molecule has 0 aromatic heterocycles. The summed E-state index contributed by atoms with van der Waals surface area (Å²) in [6.45, 7) is -0.249. The topological polar surface area (TPSA) is 73.0 Å². The van der Waals surface area contributed by atoms with Gasteiger partial charge in [-0.15, -0.1) is 5.23 Å². The summed E-state index contributed by atoms with van der Waals surface area (Å²) in [6.07, 6.45) is -0.239. The van der Waals surface area contributed by atoms with Gasteiger partial charge >= 0.3 is 0 Å². The fourth-order valence-corrected chi connectivity index (χ4v) is 2.20. The van der Waals surface area contributed by atoms with E-state index in [1.54, 1.807) is 0 Å². The van der Waals surface area contributed by atoms with E-state index in [1.165, 1.54) is 17.0 Å². The smallest absolute Gasteiger partial charge is 0.266 e. The molecular formula is C10H12ClF2N3O2. The summed E-state index contributed by atoms with van der Waals surface area (Å²) in [7, 11) is 0. The number of anilines is 3. The van der Waals surface area contributed by atoms with Gasteiger partial charge in [-0.1, -0.05) is 11.6 Å². The highest BCUT2D eigenvalue weighted by atomic mass is 35.5. The van der Waals surface area contributed by atoms with Crippen molar-refractivity contribution < 1.29 is 19.2 Å². The minimum Gasteiger partial charge on any atom is -0.397 e. The molecule has 0 atom stereocenters. The lowest BCUT2D eigenvalue weighted by Crippen LogP contribution is -2.25. The summed E-state index contributed by atoms with van der Waals surface area (Å²) < 4.78 is 26.2. The van der Waals surface area contributed by atoms with Gasteiger partial charge in [0, 0.05) is 13.0 Å². The Morgan fingerprint density at radius 3 is 2.56 bits per heavy atom. The van der Waals surface area contributed by atoms with Gasteiger partial charge in [0.05, 0.1) is 22.9 Å². The molecule has 100 valence electrons. The fraction of sp³-hybridized carbons (Fsp3) is 0.400. The van der Waals surface area contributed by atoms with Crippen LogP contribution in [0.25, 0.3) is 0 Å². The van der Waals surface area contributed by atoms with E-state index < -0.39 is 12.5 Å². The molecule has 1 heterocycles. The lowest BCUT2D eigenvalue weighted by molar-refractivity contribution is 0.0255. The number of halogens is 3.